The van der Waals surface area contributed by atoms with Crippen LogP contribution in [0.2, 0.25) is 0 Å². The first-order valence-corrected chi connectivity index (χ1v) is 10.8. The van der Waals surface area contributed by atoms with E-state index in [0.29, 0.717) is 45.2 Å². The van der Waals surface area contributed by atoms with Crippen LogP contribution in [0, 0.1) is 11.7 Å². The summed E-state index contributed by atoms with van der Waals surface area (Å²) in [5, 5.41) is 12.1. The number of carbonyl (C=O) groups is 2. The van der Waals surface area contributed by atoms with E-state index in [1.54, 1.807) is 6.07 Å². The molecule has 3 rings (SSSR count). The van der Waals surface area contributed by atoms with Gasteiger partial charge in [-0.3, -0.25) is 9.59 Å². The van der Waals surface area contributed by atoms with Crippen LogP contribution >= 0.6 is 23.1 Å². The number of nitrogens with two attached hydrogens (primary N) is 1. The third-order valence-electron chi connectivity index (χ3n) is 3.87. The zero-order valence-corrected chi connectivity index (χ0v) is 17.6. The first-order chi connectivity index (χ1) is 13.8. The second-order valence-corrected chi connectivity index (χ2v) is 8.81. The number of benzene rings is 1. The van der Waals surface area contributed by atoms with Crippen molar-refractivity contribution in [3.05, 3.63) is 29.8 Å². The summed E-state index contributed by atoms with van der Waals surface area (Å²) >= 11 is 2.48. The van der Waals surface area contributed by atoms with Crippen molar-refractivity contribution in [3.8, 4) is 0 Å². The van der Waals surface area contributed by atoms with Crippen LogP contribution in [0.15, 0.2) is 23.4 Å². The van der Waals surface area contributed by atoms with Gasteiger partial charge in [0.2, 0.25) is 11.8 Å². The summed E-state index contributed by atoms with van der Waals surface area (Å²) in [4.78, 5) is 27.7. The highest BCUT2D eigenvalue weighted by Crippen LogP contribution is 2.27. The van der Waals surface area contributed by atoms with Gasteiger partial charge in [-0.15, -0.1) is 10.2 Å². The number of hydrogen-bond acceptors (Lipinski definition) is 7. The second-order valence-electron chi connectivity index (χ2n) is 6.84. The van der Waals surface area contributed by atoms with E-state index in [4.69, 9.17) is 5.73 Å². The molecule has 2 amide bonds. The summed E-state index contributed by atoms with van der Waals surface area (Å²) in [6.07, 6.45) is 0.601. The SMILES string of the molecule is CC(C)Cn1c(CCC(N)=O)nnc1SCC(=O)Nc1nc2ccc(F)cc2s1. The van der Waals surface area contributed by atoms with Gasteiger partial charge in [-0.1, -0.05) is 36.9 Å². The van der Waals surface area contributed by atoms with Crippen LogP contribution in [0.4, 0.5) is 9.52 Å². The topological polar surface area (TPSA) is 116 Å². The fourth-order valence-corrected chi connectivity index (χ4v) is 4.31. The Morgan fingerprint density at radius 1 is 1.34 bits per heavy atom. The van der Waals surface area contributed by atoms with Crippen molar-refractivity contribution in [1.82, 2.24) is 19.7 Å². The monoisotopic (exact) mass is 436 g/mol. The van der Waals surface area contributed by atoms with Gasteiger partial charge in [-0.05, 0) is 24.1 Å². The molecular formula is C18H21FN6O2S2. The molecule has 3 N–H and O–H groups in total. The largest absolute Gasteiger partial charge is 0.370 e. The molecule has 0 aliphatic heterocycles. The summed E-state index contributed by atoms with van der Waals surface area (Å²) in [5.74, 6) is 0.159. The smallest absolute Gasteiger partial charge is 0.236 e. The Labute approximate surface area is 175 Å². The maximum Gasteiger partial charge on any atom is 0.236 e. The first kappa shape index (κ1) is 21.2. The lowest BCUT2D eigenvalue weighted by Crippen LogP contribution is -2.16. The molecule has 2 aromatic heterocycles. The quantitative estimate of drug-likeness (QED) is 0.498. The average Bonchev–Trinajstić information content (AvgIpc) is 3.20. The number of nitrogens with one attached hydrogen (secondary N) is 1. The fourth-order valence-electron chi connectivity index (χ4n) is 2.63. The number of aryl methyl sites for hydroxylation is 1. The third kappa shape index (κ3) is 5.73. The molecule has 2 heterocycles. The van der Waals surface area contributed by atoms with Crippen molar-refractivity contribution in [1.29, 1.82) is 0 Å². The van der Waals surface area contributed by atoms with Crippen LogP contribution in [-0.2, 0) is 22.6 Å². The zero-order valence-electron chi connectivity index (χ0n) is 16.0. The summed E-state index contributed by atoms with van der Waals surface area (Å²) in [5.41, 5.74) is 5.86. The molecule has 0 saturated heterocycles. The minimum Gasteiger partial charge on any atom is -0.370 e. The molecule has 8 nitrogen and oxygen atoms in total. The van der Waals surface area contributed by atoms with Gasteiger partial charge in [0.1, 0.15) is 11.6 Å². The van der Waals surface area contributed by atoms with Gasteiger partial charge >= 0.3 is 0 Å². The number of rotatable bonds is 9. The fraction of sp³-hybridized carbons (Fsp3) is 0.389. The van der Waals surface area contributed by atoms with Gasteiger partial charge in [-0.25, -0.2) is 9.37 Å². The molecule has 0 bridgehead atoms. The molecule has 1 aromatic carbocycles. The summed E-state index contributed by atoms with van der Waals surface area (Å²) in [7, 11) is 0. The number of halogens is 1. The second kappa shape index (κ2) is 9.31. The van der Waals surface area contributed by atoms with E-state index < -0.39 is 5.91 Å². The van der Waals surface area contributed by atoms with Gasteiger partial charge in [0, 0.05) is 19.4 Å². The average molecular weight is 437 g/mol. The van der Waals surface area contributed by atoms with Gasteiger partial charge in [0.25, 0.3) is 0 Å². The van der Waals surface area contributed by atoms with Crippen LogP contribution in [0.3, 0.4) is 0 Å². The maximum absolute atomic E-state index is 13.3. The van der Waals surface area contributed by atoms with Crippen molar-refractivity contribution in [2.45, 2.75) is 38.4 Å². The molecule has 0 radical (unpaired) electrons. The van der Waals surface area contributed by atoms with Crippen LogP contribution < -0.4 is 11.1 Å². The maximum atomic E-state index is 13.3. The molecule has 0 atom stereocenters. The number of anilines is 1. The van der Waals surface area contributed by atoms with Crippen LogP contribution in [0.5, 0.6) is 0 Å². The van der Waals surface area contributed by atoms with Crippen molar-refractivity contribution >= 4 is 50.3 Å². The Balaban J connectivity index is 1.64. The summed E-state index contributed by atoms with van der Waals surface area (Å²) in [6, 6.07) is 4.30. The Hall–Kier alpha value is -2.53. The zero-order chi connectivity index (χ0) is 21.0. The van der Waals surface area contributed by atoms with E-state index in [0.717, 1.165) is 0 Å². The van der Waals surface area contributed by atoms with Crippen LogP contribution in [-0.4, -0.2) is 37.3 Å². The molecule has 11 heteroatoms. The predicted octanol–water partition coefficient (Wildman–Crippen LogP) is 2.83. The Morgan fingerprint density at radius 3 is 2.86 bits per heavy atom. The molecule has 0 unspecified atom stereocenters. The Bertz CT molecular complexity index is 1030. The number of fused-ring (bicyclic) bond motifs is 1. The van der Waals surface area contributed by atoms with E-state index >= 15 is 0 Å². The van der Waals surface area contributed by atoms with Crippen molar-refractivity contribution < 1.29 is 14.0 Å². The molecule has 0 aliphatic rings. The minimum absolute atomic E-state index is 0.121. The standard InChI is InChI=1S/C18H21FN6O2S2/c1-10(2)8-25-15(6-5-14(20)26)23-24-18(25)28-9-16(27)22-17-21-12-4-3-11(19)7-13(12)29-17/h3-4,7,10H,5-6,8-9H2,1-2H3,(H2,20,26)(H,21,22,27). The third-order valence-corrected chi connectivity index (χ3v) is 5.77. The normalized spacial score (nSPS) is 11.3. The lowest BCUT2D eigenvalue weighted by Gasteiger charge is -2.12. The van der Waals surface area contributed by atoms with E-state index in [1.165, 1.54) is 35.2 Å². The number of primary amides is 1. The van der Waals surface area contributed by atoms with Gasteiger partial charge in [-0.2, -0.15) is 0 Å². The number of amides is 2. The molecule has 0 fully saturated rings. The first-order valence-electron chi connectivity index (χ1n) is 9.01. The lowest BCUT2D eigenvalue weighted by molar-refractivity contribution is -0.118. The van der Waals surface area contributed by atoms with Crippen molar-refractivity contribution in [2.75, 3.05) is 11.1 Å². The number of hydrogen-bond donors (Lipinski definition) is 2. The van der Waals surface area contributed by atoms with E-state index in [9.17, 15) is 14.0 Å². The van der Waals surface area contributed by atoms with E-state index in [2.05, 4.69) is 34.3 Å². The highest BCUT2D eigenvalue weighted by atomic mass is 32.2. The molecule has 154 valence electrons. The Kier molecular flexibility index (Phi) is 6.80. The summed E-state index contributed by atoms with van der Waals surface area (Å²) in [6.45, 7) is 4.80. The number of carbonyl (C=O) groups excluding carboxylic acids is 2. The lowest BCUT2D eigenvalue weighted by atomic mass is 10.2. The number of thiazole rings is 1. The van der Waals surface area contributed by atoms with Crippen molar-refractivity contribution in [2.24, 2.45) is 11.7 Å². The number of nitrogens with zero attached hydrogens (tertiary/aromatic N) is 4. The molecule has 0 saturated carbocycles. The molecular weight excluding hydrogens is 415 g/mol. The number of thioether (sulfide) groups is 1. The highest BCUT2D eigenvalue weighted by Gasteiger charge is 2.16. The Morgan fingerprint density at radius 2 is 2.14 bits per heavy atom. The van der Waals surface area contributed by atoms with Gasteiger partial charge in [0.15, 0.2) is 10.3 Å². The highest BCUT2D eigenvalue weighted by molar-refractivity contribution is 7.99. The predicted molar refractivity (Wildman–Crippen MR) is 111 cm³/mol. The minimum atomic E-state index is -0.395. The van der Waals surface area contributed by atoms with Gasteiger partial charge < -0.3 is 15.6 Å². The van der Waals surface area contributed by atoms with Crippen LogP contribution in [0.1, 0.15) is 26.1 Å². The van der Waals surface area contributed by atoms with Crippen molar-refractivity contribution in [3.63, 3.8) is 0 Å². The number of aromatic nitrogens is 4. The molecule has 3 aromatic rings. The van der Waals surface area contributed by atoms with Gasteiger partial charge in [0.05, 0.1) is 16.0 Å². The van der Waals surface area contributed by atoms with E-state index in [-0.39, 0.29) is 23.9 Å². The molecule has 0 aliphatic carbocycles. The summed E-state index contributed by atoms with van der Waals surface area (Å²) < 4.78 is 15.9. The molecule has 0 spiro atoms. The molecule has 29 heavy (non-hydrogen) atoms. The van der Waals surface area contributed by atoms with E-state index in [1.807, 2.05) is 4.57 Å². The van der Waals surface area contributed by atoms with Crippen LogP contribution in [0.25, 0.3) is 10.2 Å².